The van der Waals surface area contributed by atoms with Crippen molar-refractivity contribution in [3.63, 3.8) is 0 Å². The number of hydrogen-bond acceptors (Lipinski definition) is 12. The Hall–Kier alpha value is -5.36. The first kappa shape index (κ1) is 43.9. The molecule has 0 spiro atoms. The number of sulfone groups is 2. The Bertz CT molecular complexity index is 2910. The molecule has 2 aliphatic carbocycles. The van der Waals surface area contributed by atoms with Crippen LogP contribution in [0, 0.1) is 0 Å². The fourth-order valence-corrected chi connectivity index (χ4v) is 13.4. The normalized spacial score (nSPS) is 17.9. The number of nitrogens with zero attached hydrogens (tertiary/aromatic N) is 6. The zero-order chi connectivity index (χ0) is 44.6. The van der Waals surface area contributed by atoms with Crippen LogP contribution in [0.3, 0.4) is 0 Å². The first-order chi connectivity index (χ1) is 31.0. The van der Waals surface area contributed by atoms with Crippen molar-refractivity contribution in [2.45, 2.75) is 46.7 Å². The van der Waals surface area contributed by atoms with Gasteiger partial charge in [-0.25, -0.2) is 16.8 Å². The van der Waals surface area contributed by atoms with Crippen LogP contribution in [0.15, 0.2) is 132 Å². The molecule has 0 N–H and O–H groups in total. The van der Waals surface area contributed by atoms with Gasteiger partial charge < -0.3 is 9.47 Å². The second-order valence-electron chi connectivity index (χ2n) is 15.3. The molecule has 64 heavy (non-hydrogen) atoms. The molecule has 4 atom stereocenters. The quantitative estimate of drug-likeness (QED) is 0.103. The zero-order valence-corrected chi connectivity index (χ0v) is 39.1. The Morgan fingerprint density at radius 2 is 0.938 bits per heavy atom. The molecular formula is C46H40Cl2N6O6S4. The largest absolute Gasteiger partial charge is 0.495 e. The first-order valence-electron chi connectivity index (χ1n) is 20.1. The second kappa shape index (κ2) is 18.3. The summed E-state index contributed by atoms with van der Waals surface area (Å²) >= 11 is 15.0. The maximum absolute atomic E-state index is 13.3. The molecule has 0 saturated heterocycles. The number of thiophene rings is 2. The number of rotatable bonds is 14. The van der Waals surface area contributed by atoms with Gasteiger partial charge in [0.05, 0.1) is 45.8 Å². The van der Waals surface area contributed by atoms with Crippen molar-refractivity contribution in [1.82, 2.24) is 29.5 Å². The van der Waals surface area contributed by atoms with Crippen LogP contribution in [-0.4, -0.2) is 71.1 Å². The minimum atomic E-state index is -3.45. The summed E-state index contributed by atoms with van der Waals surface area (Å²) in [4.78, 5) is 1.80. The van der Waals surface area contributed by atoms with E-state index in [9.17, 15) is 16.8 Å². The van der Waals surface area contributed by atoms with E-state index in [0.29, 0.717) is 69.1 Å². The van der Waals surface area contributed by atoms with Crippen LogP contribution < -0.4 is 9.47 Å². The molecule has 8 aromatic rings. The summed E-state index contributed by atoms with van der Waals surface area (Å²) in [5.41, 5.74) is 3.40. The number of methoxy groups -OCH3 is 2. The number of aromatic nitrogens is 6. The van der Waals surface area contributed by atoms with Crippen molar-refractivity contribution in [2.75, 3.05) is 14.2 Å². The number of benzene rings is 4. The molecule has 0 aliphatic heterocycles. The van der Waals surface area contributed by atoms with Crippen LogP contribution in [0.1, 0.15) is 47.5 Å². The molecule has 2 saturated carbocycles. The van der Waals surface area contributed by atoms with E-state index in [4.69, 9.17) is 32.7 Å². The highest BCUT2D eigenvalue weighted by atomic mass is 35.5. The topological polar surface area (TPSA) is 148 Å². The maximum Gasteiger partial charge on any atom is 0.178 e. The van der Waals surface area contributed by atoms with Gasteiger partial charge in [0, 0.05) is 21.9 Å². The lowest BCUT2D eigenvalue weighted by Gasteiger charge is -2.14. The third-order valence-corrected chi connectivity index (χ3v) is 17.7. The lowest BCUT2D eigenvalue weighted by Crippen LogP contribution is -2.15. The Balaban J connectivity index is 0.000000162. The standard InChI is InChI=1S/2C23H20ClN3O3S2/c2*1-30-19-6-3-2-5-18(19)27-22(25-26-23(27)20-7-4-12-31-20)14-32(28,29)21-13-17(21)15-8-10-16(24)11-9-15/h2*2-12,17,21H,13-14H2,1H3/t2*17-,21+/m10/s1. The van der Waals surface area contributed by atoms with E-state index in [1.807, 2.05) is 108 Å². The van der Waals surface area contributed by atoms with E-state index in [1.54, 1.807) is 47.6 Å². The minimum absolute atomic E-state index is 0.0170. The third kappa shape index (κ3) is 9.12. The lowest BCUT2D eigenvalue weighted by molar-refractivity contribution is 0.412. The molecule has 4 heterocycles. The molecule has 12 nitrogen and oxygen atoms in total. The second-order valence-corrected chi connectivity index (χ2v) is 22.5. The molecule has 4 aromatic heterocycles. The summed E-state index contributed by atoms with van der Waals surface area (Å²) in [5, 5.41) is 21.6. The molecule has 0 radical (unpaired) electrons. The molecular weight excluding hydrogens is 932 g/mol. The first-order valence-corrected chi connectivity index (χ1v) is 26.1. The number of hydrogen-bond donors (Lipinski definition) is 0. The predicted octanol–water partition coefficient (Wildman–Crippen LogP) is 10.3. The maximum atomic E-state index is 13.3. The molecule has 328 valence electrons. The van der Waals surface area contributed by atoms with Gasteiger partial charge in [-0.05, 0) is 95.4 Å². The summed E-state index contributed by atoms with van der Waals surface area (Å²) in [7, 11) is -3.72. The van der Waals surface area contributed by atoms with Gasteiger partial charge in [0.25, 0.3) is 0 Å². The number of para-hydroxylation sites is 4. The minimum Gasteiger partial charge on any atom is -0.495 e. The van der Waals surface area contributed by atoms with Crippen LogP contribution in [-0.2, 0) is 31.2 Å². The Labute approximate surface area is 388 Å². The Morgan fingerprint density at radius 3 is 1.30 bits per heavy atom. The number of ether oxygens (including phenoxy) is 2. The van der Waals surface area contributed by atoms with Gasteiger partial charge >= 0.3 is 0 Å². The lowest BCUT2D eigenvalue weighted by atomic mass is 10.1. The molecule has 2 fully saturated rings. The highest BCUT2D eigenvalue weighted by Gasteiger charge is 2.49. The molecule has 2 aliphatic rings. The summed E-state index contributed by atoms with van der Waals surface area (Å²) in [5.74, 6) is 2.76. The highest BCUT2D eigenvalue weighted by Crippen LogP contribution is 2.48. The van der Waals surface area contributed by atoms with Gasteiger partial charge in [0.15, 0.2) is 43.0 Å². The fourth-order valence-electron chi connectivity index (χ4n) is 7.92. The van der Waals surface area contributed by atoms with Crippen LogP contribution in [0.2, 0.25) is 10.0 Å². The molecule has 18 heteroatoms. The van der Waals surface area contributed by atoms with Gasteiger partial charge in [-0.3, -0.25) is 9.13 Å². The molecule has 0 bridgehead atoms. The molecule has 4 aromatic carbocycles. The predicted molar refractivity (Wildman–Crippen MR) is 253 cm³/mol. The summed E-state index contributed by atoms with van der Waals surface area (Å²) in [6.45, 7) is 0. The van der Waals surface area contributed by atoms with Crippen molar-refractivity contribution in [3.05, 3.63) is 165 Å². The average Bonchev–Trinajstić information content (AvgIpc) is 3.95. The van der Waals surface area contributed by atoms with Crippen LogP contribution in [0.4, 0.5) is 0 Å². The third-order valence-electron chi connectivity index (χ3n) is 11.2. The molecule has 10 rings (SSSR count). The van der Waals surface area contributed by atoms with Crippen LogP contribution >= 0.6 is 45.9 Å². The molecule has 0 amide bonds. The fraction of sp³-hybridized carbons (Fsp3) is 0.217. The van der Waals surface area contributed by atoms with E-state index in [0.717, 1.165) is 20.9 Å². The van der Waals surface area contributed by atoms with Crippen molar-refractivity contribution in [3.8, 4) is 44.3 Å². The van der Waals surface area contributed by atoms with Gasteiger partial charge in [-0.1, -0.05) is 83.9 Å². The Kier molecular flexibility index (Phi) is 12.5. The van der Waals surface area contributed by atoms with Crippen molar-refractivity contribution in [2.24, 2.45) is 0 Å². The zero-order valence-electron chi connectivity index (χ0n) is 34.4. The van der Waals surface area contributed by atoms with Gasteiger partial charge in [0.2, 0.25) is 0 Å². The smallest absolute Gasteiger partial charge is 0.178 e. The van der Waals surface area contributed by atoms with Gasteiger partial charge in [-0.15, -0.1) is 43.1 Å². The SMILES string of the molecule is COc1ccccc1-n1c(CS(=O)(=O)[C@@H]2C[C@H]2c2ccc(Cl)cc2)nnc1-c1cccs1.COc1ccccc1-n1c(CS(=O)(=O)[C@H]2C[C@@H]2c2ccc(Cl)cc2)nnc1-c1cccs1. The molecule has 0 unspecified atom stereocenters. The number of halogens is 2. The van der Waals surface area contributed by atoms with Crippen LogP contribution in [0.25, 0.3) is 32.8 Å². The van der Waals surface area contributed by atoms with E-state index in [2.05, 4.69) is 20.4 Å². The summed E-state index contributed by atoms with van der Waals surface area (Å²) in [6, 6.07) is 37.4. The highest BCUT2D eigenvalue weighted by molar-refractivity contribution is 7.91. The van der Waals surface area contributed by atoms with Crippen molar-refractivity contribution < 1.29 is 26.3 Å². The monoisotopic (exact) mass is 970 g/mol. The summed E-state index contributed by atoms with van der Waals surface area (Å²) < 4.78 is 67.9. The average molecular weight is 972 g/mol. The van der Waals surface area contributed by atoms with Crippen molar-refractivity contribution >= 4 is 65.5 Å². The van der Waals surface area contributed by atoms with E-state index >= 15 is 0 Å². The van der Waals surface area contributed by atoms with Crippen molar-refractivity contribution in [1.29, 1.82) is 0 Å². The summed E-state index contributed by atoms with van der Waals surface area (Å²) in [6.07, 6.45) is 1.20. The van der Waals surface area contributed by atoms with Gasteiger partial charge in [-0.2, -0.15) is 0 Å². The van der Waals surface area contributed by atoms with Crippen LogP contribution in [0.5, 0.6) is 11.5 Å². The van der Waals surface area contributed by atoms with Gasteiger partial charge in [0.1, 0.15) is 23.0 Å². The Morgan fingerprint density at radius 1 is 0.547 bits per heavy atom. The van der Waals surface area contributed by atoms with E-state index < -0.39 is 30.2 Å². The van der Waals surface area contributed by atoms with E-state index in [1.165, 1.54) is 22.7 Å². The van der Waals surface area contributed by atoms with E-state index in [-0.39, 0.29) is 23.3 Å².